The monoisotopic (exact) mass is 487 g/mol. The third-order valence-corrected chi connectivity index (χ3v) is 7.41. The van der Waals surface area contributed by atoms with Crippen molar-refractivity contribution in [2.24, 2.45) is 0 Å². The molecule has 0 radical (unpaired) electrons. The number of methoxy groups -OCH3 is 1. The van der Waals surface area contributed by atoms with E-state index in [1.807, 2.05) is 53.4 Å². The quantitative estimate of drug-likeness (QED) is 0.413. The van der Waals surface area contributed by atoms with Crippen molar-refractivity contribution in [2.75, 3.05) is 20.2 Å². The first-order valence-electron chi connectivity index (χ1n) is 11.9. The number of benzene rings is 1. The van der Waals surface area contributed by atoms with E-state index in [1.54, 1.807) is 19.2 Å². The van der Waals surface area contributed by atoms with Crippen molar-refractivity contribution in [3.63, 3.8) is 0 Å². The summed E-state index contributed by atoms with van der Waals surface area (Å²) < 4.78 is 7.39. The minimum Gasteiger partial charge on any atom is -0.481 e. The van der Waals surface area contributed by atoms with Crippen LogP contribution in [0.15, 0.2) is 66.9 Å². The van der Waals surface area contributed by atoms with E-state index in [-0.39, 0.29) is 11.9 Å². The van der Waals surface area contributed by atoms with Crippen LogP contribution >= 0.6 is 11.6 Å². The number of halogens is 1. The molecule has 7 rings (SSSR count). The highest BCUT2D eigenvalue weighted by molar-refractivity contribution is 6.30. The third-order valence-electron chi connectivity index (χ3n) is 7.16. The van der Waals surface area contributed by atoms with Gasteiger partial charge in [0.25, 0.3) is 5.91 Å². The minimum absolute atomic E-state index is 0.0186. The Bertz CT molecular complexity index is 1390. The second-order valence-electron chi connectivity index (χ2n) is 9.18. The van der Waals surface area contributed by atoms with Crippen molar-refractivity contribution in [2.45, 2.75) is 31.5 Å². The molecule has 2 bridgehead atoms. The molecule has 35 heavy (non-hydrogen) atoms. The van der Waals surface area contributed by atoms with Crippen molar-refractivity contribution in [3.05, 3.63) is 83.3 Å². The van der Waals surface area contributed by atoms with Crippen LogP contribution in [0.4, 0.5) is 0 Å². The molecule has 3 aliphatic rings. The summed E-state index contributed by atoms with van der Waals surface area (Å²) in [5.41, 5.74) is 4.55. The summed E-state index contributed by atoms with van der Waals surface area (Å²) in [6.45, 7) is 2.31. The highest BCUT2D eigenvalue weighted by Crippen LogP contribution is 2.33. The first-order chi connectivity index (χ1) is 17.1. The maximum Gasteiger partial charge on any atom is 0.272 e. The summed E-state index contributed by atoms with van der Waals surface area (Å²) in [6, 6.07) is 19.7. The van der Waals surface area contributed by atoms with Crippen molar-refractivity contribution in [3.8, 4) is 17.1 Å². The second kappa shape index (κ2) is 8.98. The van der Waals surface area contributed by atoms with Crippen LogP contribution < -0.4 is 4.74 Å². The molecular formula is C27H26ClN5O2. The number of carbonyl (C=O) groups is 1. The summed E-state index contributed by atoms with van der Waals surface area (Å²) in [5.74, 6) is 0.442. The van der Waals surface area contributed by atoms with E-state index in [4.69, 9.17) is 21.3 Å². The van der Waals surface area contributed by atoms with Crippen LogP contribution in [0.1, 0.15) is 29.0 Å². The van der Waals surface area contributed by atoms with Gasteiger partial charge in [0.05, 0.1) is 18.5 Å². The van der Waals surface area contributed by atoms with Crippen molar-refractivity contribution in [1.29, 1.82) is 0 Å². The number of pyridine rings is 2. The molecule has 0 saturated carbocycles. The predicted molar refractivity (Wildman–Crippen MR) is 135 cm³/mol. The van der Waals surface area contributed by atoms with Crippen LogP contribution in [0.2, 0.25) is 5.02 Å². The fraction of sp³-hybridized carbons (Fsp3) is 0.296. The number of rotatable bonds is 5. The van der Waals surface area contributed by atoms with Crippen LogP contribution in [-0.4, -0.2) is 62.4 Å². The lowest BCUT2D eigenvalue weighted by Crippen LogP contribution is -2.63. The van der Waals surface area contributed by atoms with Gasteiger partial charge in [-0.15, -0.1) is 0 Å². The topological polar surface area (TPSA) is 63.0 Å². The number of imidazole rings is 1. The second-order valence-corrected chi connectivity index (χ2v) is 9.62. The van der Waals surface area contributed by atoms with Gasteiger partial charge in [-0.2, -0.15) is 0 Å². The summed E-state index contributed by atoms with van der Waals surface area (Å²) >= 11 is 6.14. The van der Waals surface area contributed by atoms with E-state index in [1.165, 1.54) is 0 Å². The molecule has 3 saturated heterocycles. The standard InChI is InChI=1S/C27H26ClN5O2/c1-35-25-7-4-5-22(29-25)27(34)33-16-20-12-13-21(33)15-31(20)17-23-26(18-8-10-19(28)11-9-18)30-24-6-2-3-14-32(23)24/h2-11,14,20-21H,12-13,15-17H2,1H3/t20-,21-/m1/s1. The fourth-order valence-electron chi connectivity index (χ4n) is 5.38. The molecule has 178 valence electrons. The minimum atomic E-state index is -0.0186. The van der Waals surface area contributed by atoms with Crippen LogP contribution in [0.25, 0.3) is 16.9 Å². The Morgan fingerprint density at radius 1 is 1.00 bits per heavy atom. The number of piperidine rings is 2. The van der Waals surface area contributed by atoms with Crippen LogP contribution in [0.3, 0.4) is 0 Å². The maximum absolute atomic E-state index is 13.3. The van der Waals surface area contributed by atoms with Gasteiger partial charge in [0.1, 0.15) is 11.3 Å². The Labute approximate surface area is 208 Å². The molecule has 0 aliphatic carbocycles. The smallest absolute Gasteiger partial charge is 0.272 e. The molecule has 8 heteroatoms. The SMILES string of the molecule is COc1cccc(C(=O)N2C[C@H]3CC[C@@H]2CN3Cc2c(-c3ccc(Cl)cc3)nc3ccccn23)n1. The Hall–Kier alpha value is -3.42. The van der Waals surface area contributed by atoms with E-state index in [0.717, 1.165) is 48.5 Å². The van der Waals surface area contributed by atoms with E-state index >= 15 is 0 Å². The van der Waals surface area contributed by atoms with Gasteiger partial charge in [0, 0.05) is 54.6 Å². The summed E-state index contributed by atoms with van der Waals surface area (Å²) in [6.07, 6.45) is 4.16. The van der Waals surface area contributed by atoms with Gasteiger partial charge >= 0.3 is 0 Å². The molecule has 1 aromatic carbocycles. The van der Waals surface area contributed by atoms with Crippen molar-refractivity contribution < 1.29 is 9.53 Å². The molecule has 1 amide bonds. The average Bonchev–Trinajstić information content (AvgIpc) is 3.27. The Kier molecular flexibility index (Phi) is 5.66. The zero-order chi connectivity index (χ0) is 23.9. The lowest BCUT2D eigenvalue weighted by molar-refractivity contribution is -0.0162. The number of hydrogen-bond acceptors (Lipinski definition) is 5. The van der Waals surface area contributed by atoms with Gasteiger partial charge in [-0.1, -0.05) is 35.9 Å². The van der Waals surface area contributed by atoms with Gasteiger partial charge in [0.15, 0.2) is 0 Å². The lowest BCUT2D eigenvalue weighted by atomic mass is 9.90. The highest BCUT2D eigenvalue weighted by atomic mass is 35.5. The molecule has 3 aliphatic heterocycles. The third kappa shape index (κ3) is 4.05. The number of nitrogens with zero attached hydrogens (tertiary/aromatic N) is 5. The summed E-state index contributed by atoms with van der Waals surface area (Å²) in [4.78, 5) is 27.1. The highest BCUT2D eigenvalue weighted by Gasteiger charge is 2.42. The zero-order valence-corrected chi connectivity index (χ0v) is 20.2. The molecule has 3 fully saturated rings. The average molecular weight is 488 g/mol. The summed E-state index contributed by atoms with van der Waals surface area (Å²) in [5, 5.41) is 0.711. The first-order valence-corrected chi connectivity index (χ1v) is 12.3. The molecular weight excluding hydrogens is 462 g/mol. The molecule has 2 atom stereocenters. The fourth-order valence-corrected chi connectivity index (χ4v) is 5.51. The predicted octanol–water partition coefficient (Wildman–Crippen LogP) is 4.55. The number of fused-ring (bicyclic) bond motifs is 4. The van der Waals surface area contributed by atoms with Crippen LogP contribution in [0, 0.1) is 0 Å². The van der Waals surface area contributed by atoms with E-state index < -0.39 is 0 Å². The van der Waals surface area contributed by atoms with E-state index in [0.29, 0.717) is 29.2 Å². The first kappa shape index (κ1) is 22.1. The van der Waals surface area contributed by atoms with Crippen LogP contribution in [-0.2, 0) is 6.54 Å². The van der Waals surface area contributed by atoms with Gasteiger partial charge in [0.2, 0.25) is 5.88 Å². The number of amides is 1. The molecule has 0 N–H and O–H groups in total. The summed E-state index contributed by atoms with van der Waals surface area (Å²) in [7, 11) is 1.57. The maximum atomic E-state index is 13.3. The van der Waals surface area contributed by atoms with Crippen LogP contribution in [0.5, 0.6) is 5.88 Å². The lowest BCUT2D eigenvalue weighted by Gasteiger charge is -2.51. The Balaban J connectivity index is 1.27. The molecule has 4 aromatic rings. The van der Waals surface area contributed by atoms with Crippen molar-refractivity contribution >= 4 is 23.2 Å². The molecule has 0 spiro atoms. The normalized spacial score (nSPS) is 19.9. The van der Waals surface area contributed by atoms with Crippen molar-refractivity contribution in [1.82, 2.24) is 24.2 Å². The number of ether oxygens (including phenoxy) is 1. The zero-order valence-electron chi connectivity index (χ0n) is 19.5. The van der Waals surface area contributed by atoms with E-state index in [2.05, 4.69) is 20.5 Å². The number of carbonyl (C=O) groups excluding carboxylic acids is 1. The number of piperazine rings is 1. The molecule has 0 unspecified atom stereocenters. The van der Waals surface area contributed by atoms with Gasteiger partial charge in [-0.3, -0.25) is 9.69 Å². The number of hydrogen-bond donors (Lipinski definition) is 0. The van der Waals surface area contributed by atoms with E-state index in [9.17, 15) is 4.79 Å². The molecule has 3 aromatic heterocycles. The number of aromatic nitrogens is 3. The molecule has 7 nitrogen and oxygen atoms in total. The molecule has 6 heterocycles. The van der Waals surface area contributed by atoms with Gasteiger partial charge < -0.3 is 14.0 Å². The Morgan fingerprint density at radius 2 is 1.83 bits per heavy atom. The van der Waals surface area contributed by atoms with Gasteiger partial charge in [-0.05, 0) is 43.2 Å². The van der Waals surface area contributed by atoms with Gasteiger partial charge in [-0.25, -0.2) is 9.97 Å². The Morgan fingerprint density at radius 3 is 2.60 bits per heavy atom. The largest absolute Gasteiger partial charge is 0.481 e.